The molecule has 0 saturated heterocycles. The lowest BCUT2D eigenvalue weighted by molar-refractivity contribution is 0.204. The molecule has 1 aromatic rings. The van der Waals surface area contributed by atoms with Crippen LogP contribution >= 0.6 is 11.3 Å². The summed E-state index contributed by atoms with van der Waals surface area (Å²) in [6, 6.07) is 2.64. The van der Waals surface area contributed by atoms with Gasteiger partial charge in [-0.3, -0.25) is 4.90 Å². The molecule has 0 spiro atoms. The first kappa shape index (κ1) is 11.1. The van der Waals surface area contributed by atoms with Gasteiger partial charge in [0.1, 0.15) is 0 Å². The Hall–Kier alpha value is -0.380. The van der Waals surface area contributed by atoms with Crippen molar-refractivity contribution in [3.05, 3.63) is 22.4 Å². The SMILES string of the molecule is CCN(CC1CC1)C(CN)c1ccsc1. The highest BCUT2D eigenvalue weighted by molar-refractivity contribution is 7.07. The van der Waals surface area contributed by atoms with E-state index in [-0.39, 0.29) is 0 Å². The predicted molar refractivity (Wildman–Crippen MR) is 66.1 cm³/mol. The molecular formula is C12H20N2S. The van der Waals surface area contributed by atoms with Crippen LogP contribution < -0.4 is 5.73 Å². The van der Waals surface area contributed by atoms with E-state index in [1.807, 2.05) is 0 Å². The Morgan fingerprint density at radius 3 is 2.87 bits per heavy atom. The van der Waals surface area contributed by atoms with Gasteiger partial charge in [-0.15, -0.1) is 0 Å². The van der Waals surface area contributed by atoms with Crippen molar-refractivity contribution < 1.29 is 0 Å². The van der Waals surface area contributed by atoms with Crippen LogP contribution in [0.1, 0.15) is 31.4 Å². The van der Waals surface area contributed by atoms with Crippen molar-refractivity contribution in [1.82, 2.24) is 4.90 Å². The second-order valence-corrected chi connectivity index (χ2v) is 5.12. The normalized spacial score (nSPS) is 18.3. The maximum atomic E-state index is 5.90. The first-order valence-electron chi connectivity index (χ1n) is 5.81. The summed E-state index contributed by atoms with van der Waals surface area (Å²) < 4.78 is 0. The molecule has 15 heavy (non-hydrogen) atoms. The molecule has 1 fully saturated rings. The molecule has 84 valence electrons. The standard InChI is InChI=1S/C12H20N2S/c1-2-14(8-10-3-4-10)12(7-13)11-5-6-15-9-11/h5-6,9-10,12H,2-4,7-8,13H2,1H3. The number of thiophene rings is 1. The van der Waals surface area contributed by atoms with Crippen LogP contribution in [0, 0.1) is 5.92 Å². The second-order valence-electron chi connectivity index (χ2n) is 4.34. The van der Waals surface area contributed by atoms with Crippen molar-refractivity contribution in [3.8, 4) is 0 Å². The molecule has 1 aliphatic rings. The molecule has 0 amide bonds. The molecule has 3 heteroatoms. The molecule has 2 N–H and O–H groups in total. The number of nitrogens with two attached hydrogens (primary N) is 1. The van der Waals surface area contributed by atoms with E-state index in [4.69, 9.17) is 5.73 Å². The number of rotatable bonds is 6. The van der Waals surface area contributed by atoms with Crippen LogP contribution in [0.5, 0.6) is 0 Å². The summed E-state index contributed by atoms with van der Waals surface area (Å²) in [6.45, 7) is 5.30. The Morgan fingerprint density at radius 2 is 2.40 bits per heavy atom. The molecule has 1 atom stereocenters. The van der Waals surface area contributed by atoms with Crippen molar-refractivity contribution in [3.63, 3.8) is 0 Å². The zero-order chi connectivity index (χ0) is 10.7. The average molecular weight is 224 g/mol. The topological polar surface area (TPSA) is 29.3 Å². The molecule has 1 aromatic heterocycles. The number of hydrogen-bond acceptors (Lipinski definition) is 3. The lowest BCUT2D eigenvalue weighted by atomic mass is 10.1. The third-order valence-corrected chi connectivity index (χ3v) is 3.89. The molecule has 1 unspecified atom stereocenters. The van der Waals surface area contributed by atoms with Crippen molar-refractivity contribution in [1.29, 1.82) is 0 Å². The van der Waals surface area contributed by atoms with E-state index >= 15 is 0 Å². The summed E-state index contributed by atoms with van der Waals surface area (Å²) in [7, 11) is 0. The highest BCUT2D eigenvalue weighted by Gasteiger charge is 2.27. The highest BCUT2D eigenvalue weighted by atomic mass is 32.1. The zero-order valence-electron chi connectivity index (χ0n) is 9.36. The number of hydrogen-bond donors (Lipinski definition) is 1. The van der Waals surface area contributed by atoms with E-state index in [0.29, 0.717) is 6.04 Å². The number of nitrogens with zero attached hydrogens (tertiary/aromatic N) is 1. The van der Waals surface area contributed by atoms with Crippen molar-refractivity contribution in [2.45, 2.75) is 25.8 Å². The minimum atomic E-state index is 0.432. The molecule has 0 radical (unpaired) electrons. The number of likely N-dealkylation sites (N-methyl/N-ethyl adjacent to an activating group) is 1. The van der Waals surface area contributed by atoms with Gasteiger partial charge in [-0.25, -0.2) is 0 Å². The second kappa shape index (κ2) is 5.10. The predicted octanol–water partition coefficient (Wildman–Crippen LogP) is 2.48. The van der Waals surface area contributed by atoms with Gasteiger partial charge < -0.3 is 5.73 Å². The minimum Gasteiger partial charge on any atom is -0.329 e. The summed E-state index contributed by atoms with van der Waals surface area (Å²) in [5.74, 6) is 0.942. The Labute approximate surface area is 96.1 Å². The molecular weight excluding hydrogens is 204 g/mol. The first-order chi connectivity index (χ1) is 7.35. The molecule has 2 rings (SSSR count). The van der Waals surface area contributed by atoms with Crippen LogP contribution in [0.2, 0.25) is 0 Å². The Bertz CT molecular complexity index is 280. The fourth-order valence-corrected chi connectivity index (χ4v) is 2.78. The average Bonchev–Trinajstić information content (AvgIpc) is 2.91. The van der Waals surface area contributed by atoms with Gasteiger partial charge in [0.05, 0.1) is 0 Å². The molecule has 0 bridgehead atoms. The molecule has 1 saturated carbocycles. The summed E-state index contributed by atoms with van der Waals surface area (Å²) in [4.78, 5) is 2.53. The fourth-order valence-electron chi connectivity index (χ4n) is 2.07. The summed E-state index contributed by atoms with van der Waals surface area (Å²) >= 11 is 1.76. The van der Waals surface area contributed by atoms with Crippen LogP contribution in [0.15, 0.2) is 16.8 Å². The molecule has 2 nitrogen and oxygen atoms in total. The third-order valence-electron chi connectivity index (χ3n) is 3.19. The van der Waals surface area contributed by atoms with E-state index in [1.165, 1.54) is 24.9 Å². The molecule has 1 heterocycles. The lowest BCUT2D eigenvalue weighted by Crippen LogP contribution is -2.34. The lowest BCUT2D eigenvalue weighted by Gasteiger charge is -2.29. The molecule has 0 aliphatic heterocycles. The molecule has 1 aliphatic carbocycles. The monoisotopic (exact) mass is 224 g/mol. The van der Waals surface area contributed by atoms with Crippen molar-refractivity contribution >= 4 is 11.3 Å². The van der Waals surface area contributed by atoms with E-state index in [9.17, 15) is 0 Å². The summed E-state index contributed by atoms with van der Waals surface area (Å²) in [5, 5.41) is 4.37. The Kier molecular flexibility index (Phi) is 3.78. The van der Waals surface area contributed by atoms with Gasteiger partial charge >= 0.3 is 0 Å². The largest absolute Gasteiger partial charge is 0.329 e. The summed E-state index contributed by atoms with van der Waals surface area (Å²) in [5.41, 5.74) is 7.29. The van der Waals surface area contributed by atoms with E-state index in [0.717, 1.165) is 19.0 Å². The highest BCUT2D eigenvalue weighted by Crippen LogP contribution is 2.32. The van der Waals surface area contributed by atoms with Gasteiger partial charge in [0.15, 0.2) is 0 Å². The Balaban J connectivity index is 2.01. The maximum Gasteiger partial charge on any atom is 0.0478 e. The zero-order valence-corrected chi connectivity index (χ0v) is 10.2. The van der Waals surface area contributed by atoms with Gasteiger partial charge in [0.2, 0.25) is 0 Å². The van der Waals surface area contributed by atoms with Crippen LogP contribution in [0.25, 0.3) is 0 Å². The third kappa shape index (κ3) is 2.80. The summed E-state index contributed by atoms with van der Waals surface area (Å²) in [6.07, 6.45) is 2.83. The fraction of sp³-hybridized carbons (Fsp3) is 0.667. The smallest absolute Gasteiger partial charge is 0.0478 e. The Morgan fingerprint density at radius 1 is 1.60 bits per heavy atom. The van der Waals surface area contributed by atoms with Crippen molar-refractivity contribution in [2.24, 2.45) is 11.7 Å². The van der Waals surface area contributed by atoms with Crippen LogP contribution in [0.4, 0.5) is 0 Å². The van der Waals surface area contributed by atoms with Crippen LogP contribution in [-0.2, 0) is 0 Å². The first-order valence-corrected chi connectivity index (χ1v) is 6.75. The van der Waals surface area contributed by atoms with Crippen LogP contribution in [0.3, 0.4) is 0 Å². The van der Waals surface area contributed by atoms with Gasteiger partial charge in [-0.1, -0.05) is 6.92 Å². The van der Waals surface area contributed by atoms with E-state index in [2.05, 4.69) is 28.7 Å². The molecule has 0 aromatic carbocycles. The van der Waals surface area contributed by atoms with Gasteiger partial charge in [-0.05, 0) is 47.7 Å². The minimum absolute atomic E-state index is 0.432. The van der Waals surface area contributed by atoms with Gasteiger partial charge in [0.25, 0.3) is 0 Å². The quantitative estimate of drug-likeness (QED) is 0.804. The van der Waals surface area contributed by atoms with E-state index in [1.54, 1.807) is 11.3 Å². The van der Waals surface area contributed by atoms with Crippen LogP contribution in [-0.4, -0.2) is 24.5 Å². The van der Waals surface area contributed by atoms with Crippen molar-refractivity contribution in [2.75, 3.05) is 19.6 Å². The van der Waals surface area contributed by atoms with Gasteiger partial charge in [-0.2, -0.15) is 11.3 Å². The van der Waals surface area contributed by atoms with E-state index < -0.39 is 0 Å². The maximum absolute atomic E-state index is 5.90. The van der Waals surface area contributed by atoms with Gasteiger partial charge in [0, 0.05) is 19.1 Å².